The third kappa shape index (κ3) is 3.65. The second kappa shape index (κ2) is 7.74. The second-order valence-corrected chi connectivity index (χ2v) is 6.49. The molecular formula is C18H16F2N2O3S. The number of esters is 1. The summed E-state index contributed by atoms with van der Waals surface area (Å²) < 4.78 is 34.2. The normalized spacial score (nSPS) is 11.0. The molecular weight excluding hydrogens is 362 g/mol. The van der Waals surface area contributed by atoms with Crippen LogP contribution >= 0.6 is 11.3 Å². The molecule has 0 saturated carbocycles. The van der Waals surface area contributed by atoms with Gasteiger partial charge >= 0.3 is 5.97 Å². The number of rotatable bonds is 6. The van der Waals surface area contributed by atoms with Crippen LogP contribution in [0.25, 0.3) is 10.2 Å². The maximum Gasteiger partial charge on any atom is 0.326 e. The van der Waals surface area contributed by atoms with Crippen molar-refractivity contribution in [2.24, 2.45) is 0 Å². The fourth-order valence-corrected chi connectivity index (χ4v) is 3.51. The highest BCUT2D eigenvalue weighted by atomic mass is 32.1. The minimum absolute atomic E-state index is 0.102. The average Bonchev–Trinajstić information content (AvgIpc) is 3.10. The number of ether oxygens (including phenoxy) is 1. The summed E-state index contributed by atoms with van der Waals surface area (Å²) in [6, 6.07) is 5.68. The molecule has 136 valence electrons. The number of hydrogen-bond donors (Lipinski definition) is 0. The number of nitrogens with zero attached hydrogens (tertiary/aromatic N) is 2. The predicted octanol–water partition coefficient (Wildman–Crippen LogP) is 3.08. The zero-order chi connectivity index (χ0) is 18.7. The summed E-state index contributed by atoms with van der Waals surface area (Å²) in [4.78, 5) is 28.2. The highest BCUT2D eigenvalue weighted by Crippen LogP contribution is 2.19. The van der Waals surface area contributed by atoms with Gasteiger partial charge in [-0.3, -0.25) is 9.59 Å². The lowest BCUT2D eigenvalue weighted by Crippen LogP contribution is -2.23. The van der Waals surface area contributed by atoms with E-state index in [0.29, 0.717) is 16.0 Å². The Morgan fingerprint density at radius 1 is 1.27 bits per heavy atom. The molecule has 0 N–H and O–H groups in total. The van der Waals surface area contributed by atoms with E-state index in [1.54, 1.807) is 22.9 Å². The Morgan fingerprint density at radius 2 is 2.08 bits per heavy atom. The Balaban J connectivity index is 1.97. The summed E-state index contributed by atoms with van der Waals surface area (Å²) in [5.41, 5.74) is 0.370. The van der Waals surface area contributed by atoms with Crippen LogP contribution in [-0.2, 0) is 28.9 Å². The van der Waals surface area contributed by atoms with Crippen LogP contribution in [-0.4, -0.2) is 22.1 Å². The van der Waals surface area contributed by atoms with Crippen molar-refractivity contribution in [3.63, 3.8) is 0 Å². The molecule has 1 aromatic carbocycles. The fraction of sp³-hybridized carbons (Fsp3) is 0.278. The van der Waals surface area contributed by atoms with Gasteiger partial charge in [0.25, 0.3) is 5.56 Å². The van der Waals surface area contributed by atoms with Gasteiger partial charge < -0.3 is 9.30 Å². The van der Waals surface area contributed by atoms with E-state index in [1.165, 1.54) is 23.5 Å². The summed E-state index contributed by atoms with van der Waals surface area (Å²) in [6.07, 6.45) is 0.329. The Hall–Kier alpha value is -2.61. The first-order chi connectivity index (χ1) is 12.5. The molecule has 0 amide bonds. The molecule has 0 radical (unpaired) electrons. The maximum absolute atomic E-state index is 13.9. The highest BCUT2D eigenvalue weighted by Gasteiger charge is 2.16. The van der Waals surface area contributed by atoms with Gasteiger partial charge in [-0.2, -0.15) is 4.98 Å². The molecule has 0 fully saturated rings. The maximum atomic E-state index is 13.9. The molecule has 0 aliphatic heterocycles. The monoisotopic (exact) mass is 378 g/mol. The molecule has 5 nitrogen and oxygen atoms in total. The Kier molecular flexibility index (Phi) is 5.41. The van der Waals surface area contributed by atoms with Crippen molar-refractivity contribution < 1.29 is 18.3 Å². The molecule has 3 rings (SSSR count). The highest BCUT2D eigenvalue weighted by molar-refractivity contribution is 7.17. The standard InChI is InChI=1S/C18H16F2N2O3S/c1-2-25-15(23)10-22-13-8-9-26-17(13)18(24)21-14(22)7-6-11-4-3-5-12(19)16(11)20/h3-5,8-9H,2,6-7,10H2,1H3. The third-order valence-electron chi connectivity index (χ3n) is 3.91. The first-order valence-corrected chi connectivity index (χ1v) is 8.94. The summed E-state index contributed by atoms with van der Waals surface area (Å²) >= 11 is 1.24. The first-order valence-electron chi connectivity index (χ1n) is 8.06. The van der Waals surface area contributed by atoms with Gasteiger partial charge in [-0.15, -0.1) is 11.3 Å². The van der Waals surface area contributed by atoms with Crippen LogP contribution in [0.4, 0.5) is 8.78 Å². The van der Waals surface area contributed by atoms with E-state index in [1.807, 2.05) is 0 Å². The average molecular weight is 378 g/mol. The molecule has 0 atom stereocenters. The molecule has 0 saturated heterocycles. The number of thiophene rings is 1. The lowest BCUT2D eigenvalue weighted by atomic mass is 10.1. The van der Waals surface area contributed by atoms with Crippen LogP contribution in [0.1, 0.15) is 18.3 Å². The van der Waals surface area contributed by atoms with Crippen molar-refractivity contribution in [1.29, 1.82) is 0 Å². The number of carbonyl (C=O) groups is 1. The number of hydrogen-bond acceptors (Lipinski definition) is 5. The Morgan fingerprint density at radius 3 is 2.85 bits per heavy atom. The number of aromatic nitrogens is 2. The molecule has 0 unspecified atom stereocenters. The van der Waals surface area contributed by atoms with Gasteiger partial charge in [0.15, 0.2) is 11.6 Å². The van der Waals surface area contributed by atoms with Crippen LogP contribution < -0.4 is 5.56 Å². The predicted molar refractivity (Wildman–Crippen MR) is 94.3 cm³/mol. The summed E-state index contributed by atoms with van der Waals surface area (Å²) in [5.74, 6) is -1.96. The lowest BCUT2D eigenvalue weighted by Gasteiger charge is -2.14. The SMILES string of the molecule is CCOC(=O)Cn1c(CCc2cccc(F)c2F)nc(=O)c2sccc21. The largest absolute Gasteiger partial charge is 0.465 e. The summed E-state index contributed by atoms with van der Waals surface area (Å²) in [6.45, 7) is 1.84. The van der Waals surface area contributed by atoms with E-state index in [9.17, 15) is 18.4 Å². The van der Waals surface area contributed by atoms with Gasteiger partial charge in [-0.1, -0.05) is 12.1 Å². The Bertz CT molecular complexity index is 1010. The number of fused-ring (bicyclic) bond motifs is 1. The van der Waals surface area contributed by atoms with Crippen LogP contribution in [0, 0.1) is 11.6 Å². The van der Waals surface area contributed by atoms with E-state index in [4.69, 9.17) is 4.74 Å². The van der Waals surface area contributed by atoms with Gasteiger partial charge in [0.05, 0.1) is 12.1 Å². The topological polar surface area (TPSA) is 61.2 Å². The van der Waals surface area contributed by atoms with Crippen LogP contribution in [0.15, 0.2) is 34.4 Å². The number of halogens is 2. The summed E-state index contributed by atoms with van der Waals surface area (Å²) in [7, 11) is 0. The van der Waals surface area contributed by atoms with E-state index in [2.05, 4.69) is 4.98 Å². The van der Waals surface area contributed by atoms with E-state index >= 15 is 0 Å². The second-order valence-electron chi connectivity index (χ2n) is 5.57. The molecule has 3 aromatic rings. The van der Waals surface area contributed by atoms with E-state index < -0.39 is 23.2 Å². The van der Waals surface area contributed by atoms with Crippen molar-refractivity contribution in [1.82, 2.24) is 9.55 Å². The molecule has 0 spiro atoms. The molecule has 2 heterocycles. The van der Waals surface area contributed by atoms with Gasteiger partial charge in [-0.05, 0) is 36.4 Å². The molecule has 26 heavy (non-hydrogen) atoms. The van der Waals surface area contributed by atoms with Gasteiger partial charge in [-0.25, -0.2) is 8.78 Å². The first kappa shape index (κ1) is 18.2. The minimum atomic E-state index is -0.923. The van der Waals surface area contributed by atoms with Gasteiger partial charge in [0.2, 0.25) is 0 Å². The van der Waals surface area contributed by atoms with E-state index in [0.717, 1.165) is 6.07 Å². The van der Waals surface area contributed by atoms with Crippen molar-refractivity contribution in [3.8, 4) is 0 Å². The van der Waals surface area contributed by atoms with Crippen LogP contribution in [0.5, 0.6) is 0 Å². The van der Waals surface area contributed by atoms with Gasteiger partial charge in [0.1, 0.15) is 17.1 Å². The van der Waals surface area contributed by atoms with Crippen molar-refractivity contribution in [3.05, 3.63) is 63.0 Å². The zero-order valence-corrected chi connectivity index (χ0v) is 14.8. The number of benzene rings is 1. The lowest BCUT2D eigenvalue weighted by molar-refractivity contribution is -0.143. The Labute approximate surface area is 151 Å². The van der Waals surface area contributed by atoms with Gasteiger partial charge in [0, 0.05) is 6.42 Å². The molecule has 2 aromatic heterocycles. The van der Waals surface area contributed by atoms with Crippen molar-refractivity contribution >= 4 is 27.5 Å². The van der Waals surface area contributed by atoms with Crippen LogP contribution in [0.3, 0.4) is 0 Å². The molecule has 0 aliphatic carbocycles. The molecule has 0 aliphatic rings. The molecule has 8 heteroatoms. The number of carbonyl (C=O) groups excluding carboxylic acids is 1. The zero-order valence-electron chi connectivity index (χ0n) is 14.0. The summed E-state index contributed by atoms with van der Waals surface area (Å²) in [5, 5.41) is 1.74. The van der Waals surface area contributed by atoms with Crippen molar-refractivity contribution in [2.45, 2.75) is 26.3 Å². The quantitative estimate of drug-likeness (QED) is 0.619. The number of aryl methyl sites for hydroxylation is 2. The minimum Gasteiger partial charge on any atom is -0.465 e. The van der Waals surface area contributed by atoms with Crippen LogP contribution in [0.2, 0.25) is 0 Å². The van der Waals surface area contributed by atoms with E-state index in [-0.39, 0.29) is 31.6 Å². The molecule has 0 bridgehead atoms. The van der Waals surface area contributed by atoms with Crippen molar-refractivity contribution in [2.75, 3.05) is 6.61 Å². The fourth-order valence-electron chi connectivity index (χ4n) is 2.73. The smallest absolute Gasteiger partial charge is 0.326 e. The third-order valence-corrected chi connectivity index (χ3v) is 4.81.